The van der Waals surface area contributed by atoms with E-state index in [1.807, 2.05) is 23.2 Å². The van der Waals surface area contributed by atoms with E-state index in [2.05, 4.69) is 34.6 Å². The molecule has 0 spiro atoms. The minimum atomic E-state index is 0. The average Bonchev–Trinajstić information content (AvgIpc) is 2.68. The van der Waals surface area contributed by atoms with E-state index in [0.29, 0.717) is 6.04 Å². The minimum absolute atomic E-state index is 0. The van der Waals surface area contributed by atoms with Crippen molar-refractivity contribution in [3.63, 3.8) is 0 Å². The van der Waals surface area contributed by atoms with Crippen LogP contribution in [0.2, 0.25) is 0 Å². The molecular weight excluding hydrogens is 383 g/mol. The smallest absolute Gasteiger partial charge is 0.227 e. The third kappa shape index (κ3) is 7.11. The van der Waals surface area contributed by atoms with Crippen molar-refractivity contribution in [2.45, 2.75) is 38.1 Å². The van der Waals surface area contributed by atoms with E-state index in [-0.39, 0.29) is 36.6 Å². The van der Waals surface area contributed by atoms with Crippen LogP contribution >= 0.6 is 24.8 Å². The number of hydrogen-bond acceptors (Lipinski definition) is 4. The van der Waals surface area contributed by atoms with Gasteiger partial charge in [-0.2, -0.15) is 0 Å². The van der Waals surface area contributed by atoms with Crippen LogP contribution in [0.4, 0.5) is 5.69 Å². The number of halogens is 2. The van der Waals surface area contributed by atoms with Gasteiger partial charge in [0.25, 0.3) is 0 Å². The molecule has 1 aromatic carbocycles. The Morgan fingerprint density at radius 3 is 2.30 bits per heavy atom. The highest BCUT2D eigenvalue weighted by atomic mass is 35.5. The van der Waals surface area contributed by atoms with Gasteiger partial charge in [-0.25, -0.2) is 5.01 Å². The number of nitrogens with one attached hydrogen (secondary N) is 1. The molecule has 0 unspecified atom stereocenters. The number of pyridine rings is 1. The number of hydrogen-bond donors (Lipinski definition) is 2. The van der Waals surface area contributed by atoms with Crippen molar-refractivity contribution in [2.75, 3.05) is 11.9 Å². The summed E-state index contributed by atoms with van der Waals surface area (Å²) in [4.78, 5) is 16.3. The van der Waals surface area contributed by atoms with Crippen molar-refractivity contribution in [1.82, 2.24) is 9.99 Å². The topological polar surface area (TPSA) is 71.2 Å². The molecule has 148 valence electrons. The lowest BCUT2D eigenvalue weighted by Gasteiger charge is -2.33. The quantitative estimate of drug-likeness (QED) is 0.560. The SMILES string of the molecule is Cl.Cl.NN(CCc1ccccc1)[C@H]1CC[C@H](C(=O)Nc2ccncc2)CC1. The van der Waals surface area contributed by atoms with Crippen molar-refractivity contribution in [3.8, 4) is 0 Å². The first kappa shape index (κ1) is 23.4. The summed E-state index contributed by atoms with van der Waals surface area (Å²) in [6, 6.07) is 14.4. The fourth-order valence-electron chi connectivity index (χ4n) is 3.43. The Morgan fingerprint density at radius 2 is 1.67 bits per heavy atom. The third-order valence-electron chi connectivity index (χ3n) is 4.99. The van der Waals surface area contributed by atoms with Crippen molar-refractivity contribution < 1.29 is 4.79 Å². The van der Waals surface area contributed by atoms with Crippen molar-refractivity contribution >= 4 is 36.4 Å². The van der Waals surface area contributed by atoms with Crippen LogP contribution in [0.3, 0.4) is 0 Å². The minimum Gasteiger partial charge on any atom is -0.326 e. The van der Waals surface area contributed by atoms with Gasteiger partial charge in [-0.1, -0.05) is 30.3 Å². The summed E-state index contributed by atoms with van der Waals surface area (Å²) in [6.45, 7) is 0.850. The predicted octanol–water partition coefficient (Wildman–Crippen LogP) is 3.84. The van der Waals surface area contributed by atoms with Crippen LogP contribution in [0.5, 0.6) is 0 Å². The number of carbonyl (C=O) groups excluding carboxylic acids is 1. The van der Waals surface area contributed by atoms with Crippen molar-refractivity contribution in [1.29, 1.82) is 0 Å². The highest BCUT2D eigenvalue weighted by Gasteiger charge is 2.28. The molecule has 0 radical (unpaired) electrons. The van der Waals surface area contributed by atoms with E-state index < -0.39 is 0 Å². The molecule has 3 N–H and O–H groups in total. The Kier molecular flexibility index (Phi) is 10.3. The van der Waals surface area contributed by atoms with Crippen LogP contribution in [0, 0.1) is 5.92 Å². The van der Waals surface area contributed by atoms with Gasteiger partial charge in [-0.15, -0.1) is 24.8 Å². The number of carbonyl (C=O) groups is 1. The first-order valence-electron chi connectivity index (χ1n) is 8.98. The van der Waals surface area contributed by atoms with Crippen molar-refractivity contribution in [3.05, 3.63) is 60.4 Å². The number of aromatic nitrogens is 1. The molecule has 1 heterocycles. The lowest BCUT2D eigenvalue weighted by molar-refractivity contribution is -0.121. The second-order valence-corrected chi connectivity index (χ2v) is 6.70. The van der Waals surface area contributed by atoms with Crippen LogP contribution in [0.1, 0.15) is 31.2 Å². The molecular formula is C20H28Cl2N4O. The van der Waals surface area contributed by atoms with Crippen LogP contribution in [0.15, 0.2) is 54.9 Å². The standard InChI is InChI=1S/C20H26N4O.2ClH/c21-24(15-12-16-4-2-1-3-5-16)19-8-6-17(7-9-19)20(25)23-18-10-13-22-14-11-18;;/h1-5,10-11,13-14,17,19H,6-9,12,15,21H2,(H,22,23,25);2*1H/t17-,19-;;. The van der Waals surface area contributed by atoms with Gasteiger partial charge >= 0.3 is 0 Å². The van der Waals surface area contributed by atoms with Gasteiger partial charge in [-0.3, -0.25) is 15.6 Å². The Labute approximate surface area is 173 Å². The zero-order valence-corrected chi connectivity index (χ0v) is 16.9. The summed E-state index contributed by atoms with van der Waals surface area (Å²) in [5, 5.41) is 4.94. The highest BCUT2D eigenvalue weighted by Crippen LogP contribution is 2.27. The second-order valence-electron chi connectivity index (χ2n) is 6.70. The molecule has 1 aliphatic rings. The number of amides is 1. The van der Waals surface area contributed by atoms with Crippen LogP contribution in [0.25, 0.3) is 0 Å². The maximum Gasteiger partial charge on any atom is 0.227 e. The second kappa shape index (κ2) is 11.9. The molecule has 0 aliphatic heterocycles. The summed E-state index contributed by atoms with van der Waals surface area (Å²) in [5.41, 5.74) is 2.12. The zero-order chi connectivity index (χ0) is 17.5. The van der Waals surface area contributed by atoms with Crippen LogP contribution < -0.4 is 11.2 Å². The summed E-state index contributed by atoms with van der Waals surface area (Å²) in [5.74, 6) is 6.45. The van der Waals surface area contributed by atoms with E-state index in [4.69, 9.17) is 5.84 Å². The molecule has 27 heavy (non-hydrogen) atoms. The van der Waals surface area contributed by atoms with Crippen LogP contribution in [-0.2, 0) is 11.2 Å². The number of rotatable bonds is 6. The number of anilines is 1. The van der Waals surface area contributed by atoms with Gasteiger partial charge in [0.1, 0.15) is 0 Å². The molecule has 5 nitrogen and oxygen atoms in total. The van der Waals surface area contributed by atoms with E-state index in [9.17, 15) is 4.79 Å². The third-order valence-corrected chi connectivity index (χ3v) is 4.99. The lowest BCUT2D eigenvalue weighted by Crippen LogP contribution is -2.45. The van der Waals surface area contributed by atoms with Crippen molar-refractivity contribution in [2.24, 2.45) is 11.8 Å². The number of nitrogens with two attached hydrogens (primary N) is 1. The normalized spacial score (nSPS) is 18.9. The molecule has 0 saturated heterocycles. The van der Waals surface area contributed by atoms with E-state index in [0.717, 1.165) is 44.3 Å². The first-order chi connectivity index (χ1) is 12.2. The number of benzene rings is 1. The van der Waals surface area contributed by atoms with Crippen LogP contribution in [-0.4, -0.2) is 28.5 Å². The molecule has 0 bridgehead atoms. The Hall–Kier alpha value is -1.66. The first-order valence-corrected chi connectivity index (χ1v) is 8.98. The van der Waals surface area contributed by atoms with Gasteiger partial charge in [0, 0.05) is 36.6 Å². The van der Waals surface area contributed by atoms with E-state index in [1.54, 1.807) is 12.4 Å². The molecule has 7 heteroatoms. The summed E-state index contributed by atoms with van der Waals surface area (Å²) < 4.78 is 0. The Morgan fingerprint density at radius 1 is 1.04 bits per heavy atom. The van der Waals surface area contributed by atoms with E-state index >= 15 is 0 Å². The molecule has 1 aliphatic carbocycles. The summed E-state index contributed by atoms with van der Waals surface area (Å²) in [7, 11) is 0. The maximum atomic E-state index is 12.4. The monoisotopic (exact) mass is 410 g/mol. The average molecular weight is 411 g/mol. The van der Waals surface area contributed by atoms with Gasteiger partial charge in [0.2, 0.25) is 5.91 Å². The number of hydrazine groups is 1. The molecule has 1 aromatic heterocycles. The van der Waals surface area contributed by atoms with Gasteiger partial charge in [-0.05, 0) is 49.8 Å². The number of nitrogens with zero attached hydrogens (tertiary/aromatic N) is 2. The summed E-state index contributed by atoms with van der Waals surface area (Å²) >= 11 is 0. The molecule has 1 saturated carbocycles. The maximum absolute atomic E-state index is 12.4. The molecule has 0 atom stereocenters. The zero-order valence-electron chi connectivity index (χ0n) is 15.3. The highest BCUT2D eigenvalue weighted by molar-refractivity contribution is 5.92. The van der Waals surface area contributed by atoms with Gasteiger partial charge in [0.05, 0.1) is 0 Å². The predicted molar refractivity (Wildman–Crippen MR) is 114 cm³/mol. The summed E-state index contributed by atoms with van der Waals surface area (Å²) in [6.07, 6.45) is 8.05. The van der Waals surface area contributed by atoms with E-state index in [1.165, 1.54) is 5.56 Å². The molecule has 1 amide bonds. The molecule has 2 aromatic rings. The fourth-order valence-corrected chi connectivity index (χ4v) is 3.43. The lowest BCUT2D eigenvalue weighted by atomic mass is 9.85. The Bertz CT molecular complexity index is 664. The molecule has 3 rings (SSSR count). The largest absolute Gasteiger partial charge is 0.326 e. The fraction of sp³-hybridized carbons (Fsp3) is 0.400. The Balaban J connectivity index is 0.00000182. The van der Waals surface area contributed by atoms with Gasteiger partial charge in [0.15, 0.2) is 0 Å². The molecule has 1 fully saturated rings. The van der Waals surface area contributed by atoms with Gasteiger partial charge < -0.3 is 5.32 Å².